The molecule has 0 fully saturated rings. The Morgan fingerprint density at radius 3 is 2.08 bits per heavy atom. The second-order valence-corrected chi connectivity index (χ2v) is 7.55. The number of methoxy groups -OCH3 is 1. The molecule has 1 N–H and O–H groups in total. The summed E-state index contributed by atoms with van der Waals surface area (Å²) in [5.74, 6) is -0.551. The van der Waals surface area contributed by atoms with Gasteiger partial charge in [0.2, 0.25) is 0 Å². The number of hydrogen-bond donors (Lipinski definition) is 1. The largest absolute Gasteiger partial charge is 0.469 e. The van der Waals surface area contributed by atoms with E-state index in [-0.39, 0.29) is 5.97 Å². The van der Waals surface area contributed by atoms with Crippen molar-refractivity contribution in [3.63, 3.8) is 0 Å². The molecule has 3 nitrogen and oxygen atoms in total. The van der Waals surface area contributed by atoms with Crippen LogP contribution in [0.25, 0.3) is 0 Å². The molecular weight excluding hydrogens is 324 g/mol. The molecule has 1 rings (SSSR count). The summed E-state index contributed by atoms with van der Waals surface area (Å²) in [6.07, 6.45) is 10.9. The minimum Gasteiger partial charge on any atom is -0.469 e. The molecule has 0 radical (unpaired) electrons. The predicted octanol–water partition coefficient (Wildman–Crippen LogP) is 6.16. The number of rotatable bonds is 13. The molecule has 0 bridgehead atoms. The highest BCUT2D eigenvalue weighted by Crippen LogP contribution is 2.32. The number of hydrogen-bond acceptors (Lipinski definition) is 3. The topological polar surface area (TPSA) is 46.5 Å². The van der Waals surface area contributed by atoms with E-state index in [2.05, 4.69) is 19.9 Å². The Morgan fingerprint density at radius 2 is 1.50 bits per heavy atom. The molecule has 0 aromatic heterocycles. The summed E-state index contributed by atoms with van der Waals surface area (Å²) < 4.78 is 4.78. The number of aliphatic hydroxyl groups excluding tert-OH is 1. The first-order valence-electron chi connectivity index (χ1n) is 10.4. The van der Waals surface area contributed by atoms with Crippen molar-refractivity contribution >= 4 is 5.97 Å². The van der Waals surface area contributed by atoms with Crippen LogP contribution in [0.2, 0.25) is 0 Å². The number of aliphatic hydroxyl groups is 1. The lowest BCUT2D eigenvalue weighted by Gasteiger charge is -2.23. The maximum atomic E-state index is 11.8. The Kier molecular flexibility index (Phi) is 11.3. The number of carbonyl (C=O) groups excluding carboxylic acids is 1. The highest BCUT2D eigenvalue weighted by Gasteiger charge is 2.26. The number of benzene rings is 1. The Morgan fingerprint density at radius 1 is 0.962 bits per heavy atom. The molecule has 1 aromatic rings. The molecule has 0 amide bonds. The highest BCUT2D eigenvalue weighted by molar-refractivity contribution is 5.72. The number of carbonyl (C=O) groups is 1. The van der Waals surface area contributed by atoms with Crippen molar-refractivity contribution in [2.45, 2.75) is 90.6 Å². The van der Waals surface area contributed by atoms with Gasteiger partial charge in [-0.1, -0.05) is 89.5 Å². The third-order valence-electron chi connectivity index (χ3n) is 5.38. The molecule has 3 unspecified atom stereocenters. The number of esters is 1. The molecule has 26 heavy (non-hydrogen) atoms. The zero-order valence-corrected chi connectivity index (χ0v) is 17.2. The van der Waals surface area contributed by atoms with Gasteiger partial charge < -0.3 is 9.84 Å². The molecule has 0 saturated heterocycles. The molecule has 148 valence electrons. The monoisotopic (exact) mass is 362 g/mol. The summed E-state index contributed by atoms with van der Waals surface area (Å²) in [6, 6.07) is 7.95. The molecule has 0 aliphatic heterocycles. The van der Waals surface area contributed by atoms with Crippen LogP contribution in [-0.2, 0) is 9.53 Å². The molecule has 0 saturated carbocycles. The molecule has 0 aliphatic carbocycles. The Hall–Kier alpha value is -1.35. The van der Waals surface area contributed by atoms with E-state index >= 15 is 0 Å². The van der Waals surface area contributed by atoms with Gasteiger partial charge in [0.15, 0.2) is 0 Å². The molecule has 3 heteroatoms. The SMILES string of the molecule is CCCCCCCCCCC(C)c1ccccc1C(O)C(C)C(=O)OC. The van der Waals surface area contributed by atoms with Gasteiger partial charge in [-0.2, -0.15) is 0 Å². The second kappa shape index (κ2) is 12.9. The molecule has 0 heterocycles. The van der Waals surface area contributed by atoms with Crippen molar-refractivity contribution in [1.82, 2.24) is 0 Å². The fourth-order valence-corrected chi connectivity index (χ4v) is 3.55. The maximum absolute atomic E-state index is 11.8. The fraction of sp³-hybridized carbons (Fsp3) is 0.696. The van der Waals surface area contributed by atoms with Gasteiger partial charge in [0.05, 0.1) is 19.1 Å². The lowest BCUT2D eigenvalue weighted by atomic mass is 9.86. The van der Waals surface area contributed by atoms with Crippen molar-refractivity contribution in [2.75, 3.05) is 7.11 Å². The minimum absolute atomic E-state index is 0.372. The van der Waals surface area contributed by atoms with Gasteiger partial charge in [0.1, 0.15) is 0 Å². The van der Waals surface area contributed by atoms with Crippen LogP contribution in [0.3, 0.4) is 0 Å². The van der Waals surface area contributed by atoms with Crippen molar-refractivity contribution < 1.29 is 14.6 Å². The average molecular weight is 363 g/mol. The molecule has 0 spiro atoms. The van der Waals surface area contributed by atoms with E-state index < -0.39 is 12.0 Å². The van der Waals surface area contributed by atoms with Gasteiger partial charge in [-0.25, -0.2) is 0 Å². The van der Waals surface area contributed by atoms with Crippen LogP contribution in [0.1, 0.15) is 102 Å². The highest BCUT2D eigenvalue weighted by atomic mass is 16.5. The zero-order valence-electron chi connectivity index (χ0n) is 17.2. The summed E-state index contributed by atoms with van der Waals surface area (Å²) >= 11 is 0. The minimum atomic E-state index is -0.820. The Labute approximate surface area is 160 Å². The molecule has 3 atom stereocenters. The standard InChI is InChI=1S/C23H38O3/c1-5-6-7-8-9-10-11-12-15-18(2)20-16-13-14-17-21(20)22(24)19(3)23(25)26-4/h13-14,16-19,22,24H,5-12,15H2,1-4H3. The van der Waals surface area contributed by atoms with Crippen LogP contribution in [0.15, 0.2) is 24.3 Å². The Bertz CT molecular complexity index is 512. The molecule has 0 aliphatic rings. The molecular formula is C23H38O3. The van der Waals surface area contributed by atoms with E-state index in [1.807, 2.05) is 18.2 Å². The lowest BCUT2D eigenvalue weighted by Crippen LogP contribution is -2.21. The zero-order chi connectivity index (χ0) is 19.4. The average Bonchev–Trinajstić information content (AvgIpc) is 2.68. The van der Waals surface area contributed by atoms with Crippen LogP contribution in [-0.4, -0.2) is 18.2 Å². The van der Waals surface area contributed by atoms with Gasteiger partial charge in [-0.05, 0) is 30.4 Å². The summed E-state index contributed by atoms with van der Waals surface area (Å²) in [5, 5.41) is 10.6. The first-order chi connectivity index (χ1) is 12.5. The van der Waals surface area contributed by atoms with Gasteiger partial charge in [0.25, 0.3) is 0 Å². The second-order valence-electron chi connectivity index (χ2n) is 7.55. The first-order valence-corrected chi connectivity index (χ1v) is 10.4. The van der Waals surface area contributed by atoms with Crippen LogP contribution >= 0.6 is 0 Å². The predicted molar refractivity (Wildman–Crippen MR) is 108 cm³/mol. The van der Waals surface area contributed by atoms with Crippen molar-refractivity contribution in [2.24, 2.45) is 5.92 Å². The van der Waals surface area contributed by atoms with E-state index in [1.165, 1.54) is 58.5 Å². The maximum Gasteiger partial charge on any atom is 0.311 e. The van der Waals surface area contributed by atoms with Crippen molar-refractivity contribution in [3.05, 3.63) is 35.4 Å². The van der Waals surface area contributed by atoms with Gasteiger partial charge >= 0.3 is 5.97 Å². The third-order valence-corrected chi connectivity index (χ3v) is 5.38. The van der Waals surface area contributed by atoms with E-state index in [1.54, 1.807) is 6.92 Å². The van der Waals surface area contributed by atoms with E-state index in [0.29, 0.717) is 5.92 Å². The lowest BCUT2D eigenvalue weighted by molar-refractivity contribution is -0.148. The van der Waals surface area contributed by atoms with E-state index in [0.717, 1.165) is 17.5 Å². The quantitative estimate of drug-likeness (QED) is 0.337. The summed E-state index contributed by atoms with van der Waals surface area (Å²) in [6.45, 7) is 6.19. The normalized spacial score (nSPS) is 14.7. The van der Waals surface area contributed by atoms with Crippen LogP contribution < -0.4 is 0 Å². The van der Waals surface area contributed by atoms with Gasteiger partial charge in [0, 0.05) is 0 Å². The van der Waals surface area contributed by atoms with Gasteiger partial charge in [-0.3, -0.25) is 4.79 Å². The van der Waals surface area contributed by atoms with E-state index in [4.69, 9.17) is 4.74 Å². The summed E-state index contributed by atoms with van der Waals surface area (Å²) in [4.78, 5) is 11.8. The summed E-state index contributed by atoms with van der Waals surface area (Å²) in [7, 11) is 1.36. The first kappa shape index (κ1) is 22.7. The van der Waals surface area contributed by atoms with E-state index in [9.17, 15) is 9.90 Å². The van der Waals surface area contributed by atoms with Gasteiger partial charge in [-0.15, -0.1) is 0 Å². The smallest absolute Gasteiger partial charge is 0.311 e. The number of unbranched alkanes of at least 4 members (excludes halogenated alkanes) is 7. The third kappa shape index (κ3) is 7.49. The van der Waals surface area contributed by atoms with Crippen LogP contribution in [0.4, 0.5) is 0 Å². The van der Waals surface area contributed by atoms with Crippen molar-refractivity contribution in [3.8, 4) is 0 Å². The van der Waals surface area contributed by atoms with Crippen molar-refractivity contribution in [1.29, 1.82) is 0 Å². The molecule has 1 aromatic carbocycles. The van der Waals surface area contributed by atoms with Crippen LogP contribution in [0.5, 0.6) is 0 Å². The summed E-state index contributed by atoms with van der Waals surface area (Å²) in [5.41, 5.74) is 2.01. The number of ether oxygens (including phenoxy) is 1. The van der Waals surface area contributed by atoms with Crippen LogP contribution in [0, 0.1) is 5.92 Å². The Balaban J connectivity index is 2.51. The fourth-order valence-electron chi connectivity index (χ4n) is 3.55.